The summed E-state index contributed by atoms with van der Waals surface area (Å²) < 4.78 is 84.1. The lowest BCUT2D eigenvalue weighted by Crippen LogP contribution is -2.12. The fraction of sp³-hybridized carbons (Fsp3) is 0. The van der Waals surface area contributed by atoms with Crippen molar-refractivity contribution in [3.05, 3.63) is 88.5 Å². The van der Waals surface area contributed by atoms with E-state index in [0.29, 0.717) is 5.56 Å². The lowest BCUT2D eigenvalue weighted by molar-refractivity contribution is -0.384. The molecule has 0 unspecified atom stereocenters. The Morgan fingerprint density at radius 2 is 1.39 bits per heavy atom. The molecule has 0 radical (unpaired) electrons. The van der Waals surface area contributed by atoms with Crippen LogP contribution >= 0.6 is 0 Å². The van der Waals surface area contributed by atoms with Gasteiger partial charge in [-0.25, -0.2) is 0 Å². The Balaban J connectivity index is 0.000000754. The quantitative estimate of drug-likeness (QED) is 0.0993. The zero-order valence-corrected chi connectivity index (χ0v) is 23.8. The second-order valence-corrected chi connectivity index (χ2v) is 10.0. The van der Waals surface area contributed by atoms with Gasteiger partial charge < -0.3 is 15.5 Å². The number of nitrogens with one attached hydrogen (secondary N) is 1. The third-order valence-electron chi connectivity index (χ3n) is 5.09. The van der Waals surface area contributed by atoms with E-state index < -0.39 is 58.6 Å². The summed E-state index contributed by atoms with van der Waals surface area (Å²) in [7, 11) is -10.9. The number of benzene rings is 4. The maximum absolute atomic E-state index is 12.7. The zero-order valence-electron chi connectivity index (χ0n) is 21.3. The molecule has 0 bridgehead atoms. The first-order chi connectivity index (χ1) is 20.5. The number of hydrogen-bond donors (Lipinski definition) is 4. The Morgan fingerprint density at radius 3 is 1.93 bits per heavy atom. The van der Waals surface area contributed by atoms with Gasteiger partial charge in [0.2, 0.25) is 0 Å². The minimum Gasteiger partial charge on any atom is -0.506 e. The number of phenols is 2. The molecule has 4 N–H and O–H groups in total. The van der Waals surface area contributed by atoms with Gasteiger partial charge >= 0.3 is 21.2 Å². The number of hydrogen-bond acceptors (Lipinski definition) is 15. The lowest BCUT2D eigenvalue weighted by atomic mass is 10.1. The second-order valence-electron chi connectivity index (χ2n) is 7.80. The van der Waals surface area contributed by atoms with Crippen molar-refractivity contribution in [2.75, 3.05) is 5.32 Å². The predicted octanol–water partition coefficient (Wildman–Crippen LogP) is 3.07. The maximum Gasteiger partial charge on any atom is 0.425 e. The average molecular weight is 669 g/mol. The van der Waals surface area contributed by atoms with Crippen LogP contribution in [0.2, 0.25) is 0 Å². The third-order valence-corrected chi connectivity index (χ3v) is 6.00. The van der Waals surface area contributed by atoms with Crippen LogP contribution in [0.15, 0.2) is 87.9 Å². The molecule has 0 fully saturated rings. The van der Waals surface area contributed by atoms with Gasteiger partial charge in [0.05, 0.1) is 16.0 Å². The van der Waals surface area contributed by atoms with Gasteiger partial charge in [-0.15, -0.1) is 35.5 Å². The van der Waals surface area contributed by atoms with Crippen molar-refractivity contribution in [3.8, 4) is 11.5 Å². The van der Waals surface area contributed by atoms with E-state index in [1.807, 2.05) is 0 Å². The Kier molecular flexibility index (Phi) is 11.8. The van der Waals surface area contributed by atoms with Crippen LogP contribution in [0, 0.1) is 10.1 Å². The fourth-order valence-corrected chi connectivity index (χ4v) is 4.09. The highest BCUT2D eigenvalue weighted by molar-refractivity contribution is 7.86. The minimum absolute atomic E-state index is 0.0130. The molecule has 230 valence electrons. The number of nitrogens with zero attached hydrogens (tertiary/aromatic N) is 3. The van der Waals surface area contributed by atoms with Gasteiger partial charge in [0.15, 0.2) is 5.75 Å². The molecule has 4 aromatic rings. The number of azo groups is 1. The average Bonchev–Trinajstić information content (AvgIpc) is 2.92. The third kappa shape index (κ3) is 9.73. The lowest BCUT2D eigenvalue weighted by Gasteiger charge is -2.13. The van der Waals surface area contributed by atoms with Crippen LogP contribution in [-0.4, -0.2) is 59.3 Å². The molecule has 0 aliphatic rings. The first-order valence-electron chi connectivity index (χ1n) is 11.1. The van der Waals surface area contributed by atoms with Gasteiger partial charge in [0.1, 0.15) is 22.0 Å². The highest BCUT2D eigenvalue weighted by Crippen LogP contribution is 2.42. The number of nitro groups is 1. The normalized spacial score (nSPS) is 10.6. The first kappa shape index (κ1) is 34.6. The number of fused-ring (bicyclic) bond motifs is 1. The second kappa shape index (κ2) is 15.0. The van der Waals surface area contributed by atoms with E-state index in [1.165, 1.54) is 18.2 Å². The SMILES string of the molecule is O=C(Nc1ccc(S(=O)(=O)O)c2ccc(N=Nc3cc([N+](=O)[O-])ccc3O)c(O)c12)c1ccccc1.O=S(=O)=O.O=S(=O)=O. The van der Waals surface area contributed by atoms with Crippen LogP contribution in [0.3, 0.4) is 0 Å². The Hall–Kier alpha value is -5.64. The summed E-state index contributed by atoms with van der Waals surface area (Å²) in [4.78, 5) is 22.5. The Morgan fingerprint density at radius 1 is 0.818 bits per heavy atom. The number of aromatic hydroxyl groups is 2. The van der Waals surface area contributed by atoms with E-state index in [0.717, 1.165) is 24.3 Å². The van der Waals surface area contributed by atoms with E-state index in [2.05, 4.69) is 15.5 Å². The number of non-ortho nitro benzene ring substituents is 1. The molecule has 0 spiro atoms. The topological polar surface area (TPSA) is 294 Å². The van der Waals surface area contributed by atoms with Gasteiger partial charge in [-0.05, 0) is 36.4 Å². The standard InChI is InChI=1S/C23H16N4O8S.2O3S/c28-19-10-6-14(27(31)32)12-18(19)26-25-17-8-7-15-20(36(33,34)35)11-9-16(21(15)22(17)29)24-23(30)13-4-2-1-3-5-13;2*1-4(2)3/h1-12,28-29H,(H,24,30)(H,33,34,35);;. The predicted molar refractivity (Wildman–Crippen MR) is 148 cm³/mol. The van der Waals surface area contributed by atoms with Gasteiger partial charge in [-0.1, -0.05) is 24.3 Å². The summed E-state index contributed by atoms with van der Waals surface area (Å²) in [6.07, 6.45) is 0. The molecular weight excluding hydrogens is 652 g/mol. The van der Waals surface area contributed by atoms with E-state index in [-0.39, 0.29) is 33.5 Å². The van der Waals surface area contributed by atoms with Crippen molar-refractivity contribution < 1.29 is 58.2 Å². The monoisotopic (exact) mass is 668 g/mol. The van der Waals surface area contributed by atoms with E-state index in [9.17, 15) is 38.1 Å². The molecule has 0 saturated carbocycles. The van der Waals surface area contributed by atoms with E-state index in [1.54, 1.807) is 30.3 Å². The number of phenolic OH excluding ortho intramolecular Hbond substituents is 2. The molecule has 18 nitrogen and oxygen atoms in total. The van der Waals surface area contributed by atoms with Gasteiger partial charge in [0.25, 0.3) is 21.7 Å². The van der Waals surface area contributed by atoms with Crippen LogP contribution in [-0.2, 0) is 31.3 Å². The maximum atomic E-state index is 12.7. The number of amides is 1. The number of carbonyl (C=O) groups is 1. The molecule has 0 saturated heterocycles. The fourth-order valence-electron chi connectivity index (χ4n) is 3.40. The molecular formula is C23H16N4O14S3. The van der Waals surface area contributed by atoms with Crippen molar-refractivity contribution in [2.45, 2.75) is 4.90 Å². The molecule has 4 rings (SSSR count). The first-order valence-corrected chi connectivity index (χ1v) is 14.5. The van der Waals surface area contributed by atoms with Crippen molar-refractivity contribution in [3.63, 3.8) is 0 Å². The molecule has 0 heterocycles. The van der Waals surface area contributed by atoms with Crippen molar-refractivity contribution in [1.82, 2.24) is 0 Å². The van der Waals surface area contributed by atoms with Crippen molar-refractivity contribution in [2.24, 2.45) is 10.2 Å². The van der Waals surface area contributed by atoms with Crippen LogP contribution in [0.25, 0.3) is 10.8 Å². The summed E-state index contributed by atoms with van der Waals surface area (Å²) in [5, 5.41) is 41.8. The molecule has 4 aromatic carbocycles. The Labute approximate surface area is 249 Å². The summed E-state index contributed by atoms with van der Waals surface area (Å²) in [5.74, 6) is -1.56. The highest BCUT2D eigenvalue weighted by Gasteiger charge is 2.21. The van der Waals surface area contributed by atoms with E-state index in [4.69, 9.17) is 25.3 Å². The number of rotatable bonds is 6. The van der Waals surface area contributed by atoms with Crippen molar-refractivity contribution in [1.29, 1.82) is 0 Å². The molecule has 0 aromatic heterocycles. The van der Waals surface area contributed by atoms with Crippen LogP contribution < -0.4 is 5.32 Å². The summed E-state index contributed by atoms with van der Waals surface area (Å²) >= 11 is 0. The van der Waals surface area contributed by atoms with Gasteiger partial charge in [0, 0.05) is 23.1 Å². The number of nitro benzene ring substituents is 1. The van der Waals surface area contributed by atoms with Crippen LogP contribution in [0.5, 0.6) is 11.5 Å². The molecule has 1 amide bonds. The summed E-state index contributed by atoms with van der Waals surface area (Å²) in [5.41, 5.74) is -0.516. The Bertz CT molecular complexity index is 2060. The smallest absolute Gasteiger partial charge is 0.425 e. The summed E-state index contributed by atoms with van der Waals surface area (Å²) in [6.45, 7) is 0. The number of anilines is 1. The number of carbonyl (C=O) groups excluding carboxylic acids is 1. The molecule has 0 atom stereocenters. The van der Waals surface area contributed by atoms with Crippen molar-refractivity contribution >= 4 is 70.8 Å². The van der Waals surface area contributed by atoms with Gasteiger partial charge in [-0.3, -0.25) is 19.5 Å². The minimum atomic E-state index is -4.70. The summed E-state index contributed by atoms with van der Waals surface area (Å²) in [6, 6.07) is 15.9. The van der Waals surface area contributed by atoms with E-state index >= 15 is 0 Å². The van der Waals surface area contributed by atoms with Crippen LogP contribution in [0.4, 0.5) is 22.7 Å². The molecule has 0 aliphatic heterocycles. The highest BCUT2D eigenvalue weighted by atomic mass is 32.2. The van der Waals surface area contributed by atoms with Gasteiger partial charge in [-0.2, -0.15) is 8.42 Å². The molecule has 0 aliphatic carbocycles. The molecule has 21 heteroatoms. The van der Waals surface area contributed by atoms with Crippen LogP contribution in [0.1, 0.15) is 10.4 Å². The largest absolute Gasteiger partial charge is 0.506 e. The zero-order chi connectivity index (χ0) is 33.2. The molecule has 44 heavy (non-hydrogen) atoms.